The van der Waals surface area contributed by atoms with E-state index in [4.69, 9.17) is 0 Å². The summed E-state index contributed by atoms with van der Waals surface area (Å²) in [7, 11) is 0. The maximum atomic E-state index is 4.36. The molecule has 0 unspecified atom stereocenters. The van der Waals surface area contributed by atoms with E-state index in [1.54, 1.807) is 23.1 Å². The predicted octanol–water partition coefficient (Wildman–Crippen LogP) is 1.64. The predicted molar refractivity (Wildman–Crippen MR) is 58.5 cm³/mol. The lowest BCUT2D eigenvalue weighted by atomic mass is 10.6. The number of hydrogen-bond donors (Lipinski definition) is 1. The van der Waals surface area contributed by atoms with Crippen LogP contribution in [0.15, 0.2) is 10.4 Å². The third-order valence-electron chi connectivity index (χ3n) is 1.64. The summed E-state index contributed by atoms with van der Waals surface area (Å²) in [5.41, 5.74) is 1.10. The summed E-state index contributed by atoms with van der Waals surface area (Å²) in [6, 6.07) is 0. The van der Waals surface area contributed by atoms with Gasteiger partial charge in [0.25, 0.3) is 0 Å². The lowest BCUT2D eigenvalue weighted by Gasteiger charge is -2.00. The second kappa shape index (κ2) is 4.11. The van der Waals surface area contributed by atoms with Gasteiger partial charge in [-0.3, -0.25) is 4.99 Å². The van der Waals surface area contributed by atoms with E-state index in [9.17, 15) is 0 Å². The monoisotopic (exact) mass is 213 g/mol. The zero-order valence-corrected chi connectivity index (χ0v) is 9.04. The molecule has 0 atom stereocenters. The fourth-order valence-electron chi connectivity index (χ4n) is 1.08. The molecule has 1 aliphatic heterocycles. The fourth-order valence-corrected chi connectivity index (χ4v) is 2.52. The molecule has 5 heteroatoms. The van der Waals surface area contributed by atoms with Crippen LogP contribution in [0.5, 0.6) is 0 Å². The fraction of sp³-hybridized carbons (Fsp3) is 0.500. The zero-order chi connectivity index (χ0) is 9.10. The highest BCUT2D eigenvalue weighted by atomic mass is 32.2. The number of nitrogens with zero attached hydrogens (tertiary/aromatic N) is 2. The molecule has 0 amide bonds. The molecule has 1 N–H and O–H groups in total. The van der Waals surface area contributed by atoms with E-state index in [0.717, 1.165) is 34.7 Å². The third kappa shape index (κ3) is 2.45. The summed E-state index contributed by atoms with van der Waals surface area (Å²) < 4.78 is 0. The molecule has 0 saturated heterocycles. The molecule has 1 aliphatic rings. The molecule has 3 nitrogen and oxygen atoms in total. The van der Waals surface area contributed by atoms with Crippen LogP contribution in [0, 0.1) is 6.92 Å². The third-order valence-corrected chi connectivity index (χ3v) is 3.54. The van der Waals surface area contributed by atoms with Gasteiger partial charge in [0.2, 0.25) is 0 Å². The van der Waals surface area contributed by atoms with Crippen molar-refractivity contribution < 1.29 is 0 Å². The first-order valence-electron chi connectivity index (χ1n) is 4.17. The van der Waals surface area contributed by atoms with Gasteiger partial charge in [0.15, 0.2) is 5.17 Å². The molecule has 0 aromatic carbocycles. The summed E-state index contributed by atoms with van der Waals surface area (Å²) in [6.07, 6.45) is 0. The van der Waals surface area contributed by atoms with Crippen LogP contribution in [-0.4, -0.2) is 22.4 Å². The minimum Gasteiger partial charge on any atom is -0.358 e. The quantitative estimate of drug-likeness (QED) is 0.811. The average Bonchev–Trinajstić information content (AvgIpc) is 2.71. The molecule has 0 spiro atoms. The molecule has 13 heavy (non-hydrogen) atoms. The molecule has 0 aliphatic carbocycles. The molecule has 0 saturated carbocycles. The topological polar surface area (TPSA) is 37.3 Å². The van der Waals surface area contributed by atoms with Crippen LogP contribution in [0.1, 0.15) is 10.7 Å². The molecule has 1 aromatic heterocycles. The number of aliphatic imine (C=N–C) groups is 1. The Morgan fingerprint density at radius 3 is 3.15 bits per heavy atom. The number of amidine groups is 1. The Kier molecular flexibility index (Phi) is 2.85. The van der Waals surface area contributed by atoms with Gasteiger partial charge in [-0.15, -0.1) is 11.3 Å². The van der Waals surface area contributed by atoms with Gasteiger partial charge in [-0.2, -0.15) is 0 Å². The van der Waals surface area contributed by atoms with Crippen molar-refractivity contribution in [2.75, 3.05) is 12.3 Å². The van der Waals surface area contributed by atoms with Crippen molar-refractivity contribution in [1.82, 2.24) is 10.3 Å². The van der Waals surface area contributed by atoms with Gasteiger partial charge in [0.1, 0.15) is 5.01 Å². The number of thioether (sulfide) groups is 1. The van der Waals surface area contributed by atoms with Crippen LogP contribution in [-0.2, 0) is 6.54 Å². The van der Waals surface area contributed by atoms with E-state index in [1.165, 1.54) is 0 Å². The van der Waals surface area contributed by atoms with E-state index in [2.05, 4.69) is 20.7 Å². The van der Waals surface area contributed by atoms with Gasteiger partial charge in [-0.25, -0.2) is 4.98 Å². The Morgan fingerprint density at radius 2 is 2.54 bits per heavy atom. The molecule has 0 fully saturated rings. The lowest BCUT2D eigenvalue weighted by Crippen LogP contribution is -2.17. The second-order valence-corrected chi connectivity index (χ2v) is 4.80. The first kappa shape index (κ1) is 9.02. The Morgan fingerprint density at radius 1 is 1.62 bits per heavy atom. The van der Waals surface area contributed by atoms with Crippen molar-refractivity contribution in [2.45, 2.75) is 13.5 Å². The molecular formula is C8H11N3S2. The van der Waals surface area contributed by atoms with Crippen LogP contribution < -0.4 is 5.32 Å². The maximum Gasteiger partial charge on any atom is 0.156 e. The van der Waals surface area contributed by atoms with Crippen LogP contribution in [0.2, 0.25) is 0 Å². The standard InChI is InChI=1S/C8H11N3S2/c1-6-5-13-7(11-6)4-10-8-9-2-3-12-8/h5H,2-4H2,1H3,(H,9,10). The van der Waals surface area contributed by atoms with Crippen molar-refractivity contribution in [3.63, 3.8) is 0 Å². The summed E-state index contributed by atoms with van der Waals surface area (Å²) in [4.78, 5) is 8.67. The van der Waals surface area contributed by atoms with E-state index >= 15 is 0 Å². The molecule has 1 aromatic rings. The molecule has 70 valence electrons. The van der Waals surface area contributed by atoms with Crippen molar-refractivity contribution in [2.24, 2.45) is 4.99 Å². The van der Waals surface area contributed by atoms with Crippen LogP contribution >= 0.6 is 23.1 Å². The highest BCUT2D eigenvalue weighted by molar-refractivity contribution is 8.14. The summed E-state index contributed by atoms with van der Waals surface area (Å²) in [5.74, 6) is 1.11. The average molecular weight is 213 g/mol. The van der Waals surface area contributed by atoms with Crippen molar-refractivity contribution in [3.8, 4) is 0 Å². The van der Waals surface area contributed by atoms with E-state index in [-0.39, 0.29) is 0 Å². The molecule has 2 rings (SSSR count). The van der Waals surface area contributed by atoms with Crippen LogP contribution in [0.4, 0.5) is 0 Å². The minimum atomic E-state index is 0.810. The van der Waals surface area contributed by atoms with E-state index < -0.39 is 0 Å². The van der Waals surface area contributed by atoms with Gasteiger partial charge in [0, 0.05) is 16.8 Å². The number of aryl methyl sites for hydroxylation is 1. The minimum absolute atomic E-state index is 0.810. The highest BCUT2D eigenvalue weighted by Crippen LogP contribution is 2.12. The largest absolute Gasteiger partial charge is 0.358 e. The Balaban J connectivity index is 1.85. The molecular weight excluding hydrogens is 202 g/mol. The Labute approximate surface area is 85.7 Å². The number of hydrogen-bond acceptors (Lipinski definition) is 5. The van der Waals surface area contributed by atoms with Crippen molar-refractivity contribution in [3.05, 3.63) is 16.1 Å². The molecule has 0 bridgehead atoms. The second-order valence-electron chi connectivity index (χ2n) is 2.77. The molecule has 2 heterocycles. The zero-order valence-electron chi connectivity index (χ0n) is 7.41. The van der Waals surface area contributed by atoms with Gasteiger partial charge < -0.3 is 5.32 Å². The van der Waals surface area contributed by atoms with Gasteiger partial charge in [-0.1, -0.05) is 11.8 Å². The smallest absolute Gasteiger partial charge is 0.156 e. The number of nitrogens with one attached hydrogen (secondary N) is 1. The van der Waals surface area contributed by atoms with Gasteiger partial charge in [-0.05, 0) is 6.92 Å². The summed E-state index contributed by atoms with van der Waals surface area (Å²) in [5, 5.41) is 7.54. The normalized spacial score (nSPS) is 15.9. The van der Waals surface area contributed by atoms with Crippen LogP contribution in [0.3, 0.4) is 0 Å². The van der Waals surface area contributed by atoms with E-state index in [0.29, 0.717) is 0 Å². The molecule has 0 radical (unpaired) electrons. The van der Waals surface area contributed by atoms with Crippen LogP contribution in [0.25, 0.3) is 0 Å². The number of thiazole rings is 1. The van der Waals surface area contributed by atoms with Crippen molar-refractivity contribution >= 4 is 28.3 Å². The number of rotatable bonds is 2. The Bertz CT molecular complexity index is 319. The van der Waals surface area contributed by atoms with E-state index in [1.807, 2.05) is 6.92 Å². The first-order valence-corrected chi connectivity index (χ1v) is 6.03. The summed E-state index contributed by atoms with van der Waals surface area (Å²) in [6.45, 7) is 3.77. The van der Waals surface area contributed by atoms with Crippen molar-refractivity contribution in [1.29, 1.82) is 0 Å². The Hall–Kier alpha value is -0.550. The lowest BCUT2D eigenvalue weighted by molar-refractivity contribution is 0.903. The summed E-state index contributed by atoms with van der Waals surface area (Å²) >= 11 is 3.48. The number of aromatic nitrogens is 1. The maximum absolute atomic E-state index is 4.36. The van der Waals surface area contributed by atoms with Gasteiger partial charge >= 0.3 is 0 Å². The highest BCUT2D eigenvalue weighted by Gasteiger charge is 2.06. The SMILES string of the molecule is Cc1csc(CNC2=NCCS2)n1. The van der Waals surface area contributed by atoms with Gasteiger partial charge in [0.05, 0.1) is 13.1 Å². The first-order chi connectivity index (χ1) is 6.34.